The number of aromatic nitrogens is 1. The van der Waals surface area contributed by atoms with Crippen molar-refractivity contribution < 1.29 is 19.1 Å². The number of aryl methyl sites for hydroxylation is 1. The Kier molecular flexibility index (Phi) is 4.97. The zero-order valence-corrected chi connectivity index (χ0v) is 13.8. The van der Waals surface area contributed by atoms with Crippen LogP contribution >= 0.6 is 0 Å². The van der Waals surface area contributed by atoms with E-state index in [0.29, 0.717) is 0 Å². The maximum absolute atomic E-state index is 13.4. The average Bonchev–Trinajstić information content (AvgIpc) is 2.52. The highest BCUT2D eigenvalue weighted by Gasteiger charge is 2.23. The number of pyridine rings is 1. The van der Waals surface area contributed by atoms with Crippen molar-refractivity contribution in [1.29, 1.82) is 0 Å². The molecule has 1 heterocycles. The number of carboxylic acid groups (broad SMARTS) is 1. The van der Waals surface area contributed by atoms with E-state index in [-0.39, 0.29) is 29.3 Å². The van der Waals surface area contributed by atoms with Gasteiger partial charge in [0.25, 0.3) is 5.91 Å². The largest absolute Gasteiger partial charge is 0.478 e. The summed E-state index contributed by atoms with van der Waals surface area (Å²) in [5.74, 6) is -1.81. The SMILES string of the molecule is Cc1nc(C(=O)NCC(C)(C)c2cccc(F)c2)ccc1C(=O)O. The topological polar surface area (TPSA) is 79.3 Å². The molecule has 5 nitrogen and oxygen atoms in total. The summed E-state index contributed by atoms with van der Waals surface area (Å²) in [4.78, 5) is 27.2. The van der Waals surface area contributed by atoms with Gasteiger partial charge in [-0.05, 0) is 36.8 Å². The molecular formula is C18H19FN2O3. The first-order chi connectivity index (χ1) is 11.2. The highest BCUT2D eigenvalue weighted by molar-refractivity contribution is 5.94. The van der Waals surface area contributed by atoms with Gasteiger partial charge in [0.2, 0.25) is 0 Å². The molecule has 0 saturated carbocycles. The number of carboxylic acids is 1. The van der Waals surface area contributed by atoms with Crippen LogP contribution in [-0.2, 0) is 5.41 Å². The third-order valence-corrected chi connectivity index (χ3v) is 3.85. The standard InChI is InChI=1S/C18H19FN2O3/c1-11-14(17(23)24)7-8-15(21-11)16(22)20-10-18(2,3)12-5-4-6-13(19)9-12/h4-9H,10H2,1-3H3,(H,20,22)(H,23,24). The van der Waals surface area contributed by atoms with Crippen molar-refractivity contribution in [2.75, 3.05) is 6.54 Å². The molecule has 2 N–H and O–H groups in total. The maximum Gasteiger partial charge on any atom is 0.337 e. The molecule has 1 aromatic carbocycles. The summed E-state index contributed by atoms with van der Waals surface area (Å²) in [7, 11) is 0. The number of hydrogen-bond acceptors (Lipinski definition) is 3. The normalized spacial score (nSPS) is 11.2. The minimum absolute atomic E-state index is 0.0617. The number of nitrogens with one attached hydrogen (secondary N) is 1. The van der Waals surface area contributed by atoms with Crippen LogP contribution in [0.1, 0.15) is 46.0 Å². The number of halogens is 1. The Hall–Kier alpha value is -2.76. The van der Waals surface area contributed by atoms with E-state index in [4.69, 9.17) is 5.11 Å². The monoisotopic (exact) mass is 330 g/mol. The fourth-order valence-corrected chi connectivity index (χ4v) is 2.32. The smallest absolute Gasteiger partial charge is 0.337 e. The van der Waals surface area contributed by atoms with Crippen LogP contribution in [-0.4, -0.2) is 28.5 Å². The van der Waals surface area contributed by atoms with Crippen LogP contribution < -0.4 is 5.32 Å². The summed E-state index contributed by atoms with van der Waals surface area (Å²) in [6.45, 7) is 5.62. The first-order valence-electron chi connectivity index (χ1n) is 7.46. The van der Waals surface area contributed by atoms with Crippen LogP contribution in [0, 0.1) is 12.7 Å². The van der Waals surface area contributed by atoms with Gasteiger partial charge in [-0.15, -0.1) is 0 Å². The summed E-state index contributed by atoms with van der Waals surface area (Å²) >= 11 is 0. The first-order valence-corrected chi connectivity index (χ1v) is 7.46. The molecule has 0 saturated heterocycles. The molecule has 0 fully saturated rings. The Bertz CT molecular complexity index is 788. The number of nitrogens with zero attached hydrogens (tertiary/aromatic N) is 1. The molecule has 0 radical (unpaired) electrons. The van der Waals surface area contributed by atoms with Gasteiger partial charge in [-0.2, -0.15) is 0 Å². The number of carbonyl (C=O) groups excluding carboxylic acids is 1. The van der Waals surface area contributed by atoms with E-state index in [2.05, 4.69) is 10.3 Å². The van der Waals surface area contributed by atoms with Crippen molar-refractivity contribution in [3.05, 3.63) is 64.7 Å². The van der Waals surface area contributed by atoms with E-state index in [0.717, 1.165) is 5.56 Å². The Morgan fingerprint density at radius 2 is 1.96 bits per heavy atom. The third-order valence-electron chi connectivity index (χ3n) is 3.85. The van der Waals surface area contributed by atoms with Crippen molar-refractivity contribution in [1.82, 2.24) is 10.3 Å². The van der Waals surface area contributed by atoms with Gasteiger partial charge in [0, 0.05) is 12.0 Å². The number of benzene rings is 1. The van der Waals surface area contributed by atoms with Crippen LogP contribution in [0.15, 0.2) is 36.4 Å². The summed E-state index contributed by atoms with van der Waals surface area (Å²) in [6, 6.07) is 8.98. The van der Waals surface area contributed by atoms with Crippen molar-refractivity contribution in [2.45, 2.75) is 26.2 Å². The van der Waals surface area contributed by atoms with E-state index >= 15 is 0 Å². The number of rotatable bonds is 5. The second kappa shape index (κ2) is 6.78. The van der Waals surface area contributed by atoms with Crippen molar-refractivity contribution in [2.24, 2.45) is 0 Å². The van der Waals surface area contributed by atoms with Crippen molar-refractivity contribution >= 4 is 11.9 Å². The third kappa shape index (κ3) is 3.95. The Morgan fingerprint density at radius 1 is 1.25 bits per heavy atom. The fraction of sp³-hybridized carbons (Fsp3) is 0.278. The van der Waals surface area contributed by atoms with E-state index in [1.165, 1.54) is 31.2 Å². The molecule has 2 rings (SSSR count). The van der Waals surface area contributed by atoms with Crippen LogP contribution in [0.25, 0.3) is 0 Å². The van der Waals surface area contributed by atoms with E-state index in [1.54, 1.807) is 12.1 Å². The molecule has 0 bridgehead atoms. The maximum atomic E-state index is 13.4. The molecule has 1 amide bonds. The molecule has 0 unspecified atom stereocenters. The second-order valence-corrected chi connectivity index (χ2v) is 6.21. The van der Waals surface area contributed by atoms with Gasteiger partial charge >= 0.3 is 5.97 Å². The average molecular weight is 330 g/mol. The number of hydrogen-bond donors (Lipinski definition) is 2. The highest BCUT2D eigenvalue weighted by Crippen LogP contribution is 2.23. The van der Waals surface area contributed by atoms with Gasteiger partial charge in [-0.25, -0.2) is 14.2 Å². The lowest BCUT2D eigenvalue weighted by Crippen LogP contribution is -2.37. The van der Waals surface area contributed by atoms with Crippen molar-refractivity contribution in [3.8, 4) is 0 Å². The van der Waals surface area contributed by atoms with E-state index < -0.39 is 17.3 Å². The predicted molar refractivity (Wildman–Crippen MR) is 87.7 cm³/mol. The van der Waals surface area contributed by atoms with Gasteiger partial charge in [0.05, 0.1) is 11.3 Å². The molecule has 1 aromatic heterocycles. The van der Waals surface area contributed by atoms with Crippen LogP contribution in [0.2, 0.25) is 0 Å². The predicted octanol–water partition coefficient (Wildman–Crippen LogP) is 2.93. The summed E-state index contributed by atoms with van der Waals surface area (Å²) in [5.41, 5.74) is 0.792. The van der Waals surface area contributed by atoms with Gasteiger partial charge < -0.3 is 10.4 Å². The van der Waals surface area contributed by atoms with Crippen LogP contribution in [0.5, 0.6) is 0 Å². The lowest BCUT2D eigenvalue weighted by atomic mass is 9.84. The molecule has 0 aliphatic carbocycles. The molecular weight excluding hydrogens is 311 g/mol. The van der Waals surface area contributed by atoms with E-state index in [1.807, 2.05) is 13.8 Å². The second-order valence-electron chi connectivity index (χ2n) is 6.21. The molecule has 0 atom stereocenters. The summed E-state index contributed by atoms with van der Waals surface area (Å²) < 4.78 is 13.4. The summed E-state index contributed by atoms with van der Waals surface area (Å²) in [5, 5.41) is 11.7. The van der Waals surface area contributed by atoms with Crippen LogP contribution in [0.4, 0.5) is 4.39 Å². The van der Waals surface area contributed by atoms with E-state index in [9.17, 15) is 14.0 Å². The molecule has 2 aromatic rings. The van der Waals surface area contributed by atoms with Gasteiger partial charge in [-0.1, -0.05) is 26.0 Å². The zero-order valence-electron chi connectivity index (χ0n) is 13.8. The molecule has 0 aliphatic heterocycles. The lowest BCUT2D eigenvalue weighted by Gasteiger charge is -2.25. The van der Waals surface area contributed by atoms with Gasteiger partial charge in [-0.3, -0.25) is 4.79 Å². The molecule has 24 heavy (non-hydrogen) atoms. The highest BCUT2D eigenvalue weighted by atomic mass is 19.1. The molecule has 0 spiro atoms. The Morgan fingerprint density at radius 3 is 2.54 bits per heavy atom. The lowest BCUT2D eigenvalue weighted by molar-refractivity contribution is 0.0694. The van der Waals surface area contributed by atoms with Crippen LogP contribution in [0.3, 0.4) is 0 Å². The molecule has 6 heteroatoms. The summed E-state index contributed by atoms with van der Waals surface area (Å²) in [6.07, 6.45) is 0. The Labute approximate surface area is 139 Å². The molecule has 126 valence electrons. The fourth-order valence-electron chi connectivity index (χ4n) is 2.32. The van der Waals surface area contributed by atoms with Gasteiger partial charge in [0.1, 0.15) is 11.5 Å². The number of aromatic carboxylic acids is 1. The van der Waals surface area contributed by atoms with Crippen molar-refractivity contribution in [3.63, 3.8) is 0 Å². The number of carbonyl (C=O) groups is 2. The minimum atomic E-state index is -1.08. The zero-order chi connectivity index (χ0) is 17.9. The Balaban J connectivity index is 2.10. The molecule has 0 aliphatic rings. The quantitative estimate of drug-likeness (QED) is 0.883. The first kappa shape index (κ1) is 17.6. The number of amides is 1. The minimum Gasteiger partial charge on any atom is -0.478 e. The van der Waals surface area contributed by atoms with Gasteiger partial charge in [0.15, 0.2) is 0 Å².